The highest BCUT2D eigenvalue weighted by Gasteiger charge is 2.15. The minimum absolute atomic E-state index is 0.352. The van der Waals surface area contributed by atoms with Gasteiger partial charge >= 0.3 is 5.97 Å². The van der Waals surface area contributed by atoms with Crippen molar-refractivity contribution in [2.45, 2.75) is 19.8 Å². The zero-order valence-corrected chi connectivity index (χ0v) is 11.3. The van der Waals surface area contributed by atoms with Crippen LogP contribution in [0.5, 0.6) is 0 Å². The number of nitrogens with zero attached hydrogens (tertiary/aromatic N) is 1. The van der Waals surface area contributed by atoms with Crippen molar-refractivity contribution in [1.82, 2.24) is 4.98 Å². The van der Waals surface area contributed by atoms with E-state index in [1.165, 1.54) is 12.7 Å². The van der Waals surface area contributed by atoms with Gasteiger partial charge < -0.3 is 4.74 Å². The van der Waals surface area contributed by atoms with Crippen LogP contribution in [0.3, 0.4) is 0 Å². The van der Waals surface area contributed by atoms with Crippen LogP contribution in [-0.2, 0) is 17.6 Å². The first-order valence-electron chi connectivity index (χ1n) is 5.79. The molecule has 0 N–H and O–H groups in total. The number of thiazole rings is 1. The molecule has 18 heavy (non-hydrogen) atoms. The van der Waals surface area contributed by atoms with Gasteiger partial charge in [0.05, 0.1) is 12.1 Å². The summed E-state index contributed by atoms with van der Waals surface area (Å²) in [6, 6.07) is 10.3. The Morgan fingerprint density at radius 1 is 1.28 bits per heavy atom. The van der Waals surface area contributed by atoms with E-state index >= 15 is 0 Å². The SMILES string of the molecule is COC(=O)c1nc(CCc2ccccc2)sc1C. The van der Waals surface area contributed by atoms with E-state index in [0.717, 1.165) is 22.7 Å². The van der Waals surface area contributed by atoms with Crippen LogP contribution < -0.4 is 0 Å². The molecular weight excluding hydrogens is 246 g/mol. The zero-order valence-electron chi connectivity index (χ0n) is 10.5. The Morgan fingerprint density at radius 3 is 2.67 bits per heavy atom. The van der Waals surface area contributed by atoms with Gasteiger partial charge in [0.25, 0.3) is 0 Å². The zero-order chi connectivity index (χ0) is 13.0. The van der Waals surface area contributed by atoms with E-state index in [9.17, 15) is 4.79 Å². The average molecular weight is 261 g/mol. The van der Waals surface area contributed by atoms with Crippen molar-refractivity contribution in [2.75, 3.05) is 7.11 Å². The predicted molar refractivity (Wildman–Crippen MR) is 72.0 cm³/mol. The smallest absolute Gasteiger partial charge is 0.357 e. The van der Waals surface area contributed by atoms with Gasteiger partial charge in [-0.15, -0.1) is 11.3 Å². The minimum atomic E-state index is -0.352. The fraction of sp³-hybridized carbons (Fsp3) is 0.286. The van der Waals surface area contributed by atoms with Gasteiger partial charge in [0, 0.05) is 11.3 Å². The molecule has 0 atom stereocenters. The topological polar surface area (TPSA) is 39.2 Å². The highest BCUT2D eigenvalue weighted by atomic mass is 32.1. The molecule has 0 saturated carbocycles. The lowest BCUT2D eigenvalue weighted by atomic mass is 10.1. The quantitative estimate of drug-likeness (QED) is 0.794. The van der Waals surface area contributed by atoms with E-state index in [1.807, 2.05) is 25.1 Å². The molecule has 0 aliphatic carbocycles. The number of ether oxygens (including phenoxy) is 1. The lowest BCUT2D eigenvalue weighted by Gasteiger charge is -1.97. The van der Waals surface area contributed by atoms with Gasteiger partial charge in [0.15, 0.2) is 5.69 Å². The van der Waals surface area contributed by atoms with Crippen molar-refractivity contribution in [3.63, 3.8) is 0 Å². The second-order valence-corrected chi connectivity index (χ2v) is 5.28. The molecule has 1 heterocycles. The number of carbonyl (C=O) groups excluding carboxylic acids is 1. The van der Waals surface area contributed by atoms with Crippen LogP contribution in [0.15, 0.2) is 30.3 Å². The van der Waals surface area contributed by atoms with Crippen molar-refractivity contribution in [2.24, 2.45) is 0 Å². The summed E-state index contributed by atoms with van der Waals surface area (Å²) in [7, 11) is 1.38. The average Bonchev–Trinajstić information content (AvgIpc) is 2.78. The molecule has 2 aromatic rings. The molecule has 0 aliphatic heterocycles. The van der Waals surface area contributed by atoms with Gasteiger partial charge in [-0.2, -0.15) is 0 Å². The number of hydrogen-bond acceptors (Lipinski definition) is 4. The summed E-state index contributed by atoms with van der Waals surface area (Å²) in [5.41, 5.74) is 1.73. The number of aromatic nitrogens is 1. The molecule has 0 amide bonds. The number of benzene rings is 1. The van der Waals surface area contributed by atoms with Crippen LogP contribution in [0.1, 0.15) is 25.9 Å². The normalized spacial score (nSPS) is 10.3. The molecular formula is C14H15NO2S. The molecule has 0 aliphatic rings. The number of aryl methyl sites for hydroxylation is 3. The highest BCUT2D eigenvalue weighted by Crippen LogP contribution is 2.19. The van der Waals surface area contributed by atoms with Gasteiger partial charge in [0.2, 0.25) is 0 Å². The Balaban J connectivity index is 2.05. The number of esters is 1. The van der Waals surface area contributed by atoms with Crippen LogP contribution in [0.4, 0.5) is 0 Å². The Bertz CT molecular complexity index is 534. The summed E-state index contributed by atoms with van der Waals surface area (Å²) in [4.78, 5) is 16.7. The number of hydrogen-bond donors (Lipinski definition) is 0. The summed E-state index contributed by atoms with van der Waals surface area (Å²) in [5, 5.41) is 0.983. The van der Waals surface area contributed by atoms with Crippen molar-refractivity contribution in [3.05, 3.63) is 51.5 Å². The molecule has 0 saturated heterocycles. The van der Waals surface area contributed by atoms with Crippen molar-refractivity contribution in [3.8, 4) is 0 Å². The van der Waals surface area contributed by atoms with Crippen molar-refractivity contribution >= 4 is 17.3 Å². The maximum absolute atomic E-state index is 11.4. The fourth-order valence-electron chi connectivity index (χ4n) is 1.74. The molecule has 0 bridgehead atoms. The molecule has 0 unspecified atom stereocenters. The predicted octanol–water partition coefficient (Wildman–Crippen LogP) is 3.02. The van der Waals surface area contributed by atoms with Gasteiger partial charge in [-0.05, 0) is 18.9 Å². The highest BCUT2D eigenvalue weighted by molar-refractivity contribution is 7.11. The molecule has 0 spiro atoms. The standard InChI is InChI=1S/C14H15NO2S/c1-10-13(14(16)17-2)15-12(18-10)9-8-11-6-4-3-5-7-11/h3-7H,8-9H2,1-2H3. The van der Waals surface area contributed by atoms with Crippen LogP contribution in [0, 0.1) is 6.92 Å². The van der Waals surface area contributed by atoms with Crippen LogP contribution in [0.25, 0.3) is 0 Å². The first-order chi connectivity index (χ1) is 8.70. The largest absolute Gasteiger partial charge is 0.464 e. The maximum atomic E-state index is 11.4. The Hall–Kier alpha value is -1.68. The molecule has 0 fully saturated rings. The van der Waals surface area contributed by atoms with Crippen molar-refractivity contribution in [1.29, 1.82) is 0 Å². The lowest BCUT2D eigenvalue weighted by molar-refractivity contribution is 0.0594. The molecule has 0 radical (unpaired) electrons. The summed E-state index contributed by atoms with van der Waals surface area (Å²) < 4.78 is 4.70. The first-order valence-corrected chi connectivity index (χ1v) is 6.61. The second kappa shape index (κ2) is 5.78. The first kappa shape index (κ1) is 12.8. The Morgan fingerprint density at radius 2 is 2.00 bits per heavy atom. The van der Waals surface area contributed by atoms with Crippen LogP contribution in [-0.4, -0.2) is 18.1 Å². The van der Waals surface area contributed by atoms with E-state index in [-0.39, 0.29) is 5.97 Å². The number of carbonyl (C=O) groups is 1. The third-order valence-corrected chi connectivity index (χ3v) is 3.72. The van der Waals surface area contributed by atoms with E-state index in [4.69, 9.17) is 4.74 Å². The molecule has 1 aromatic heterocycles. The summed E-state index contributed by atoms with van der Waals surface area (Å²) >= 11 is 1.57. The molecule has 3 nitrogen and oxygen atoms in total. The third kappa shape index (κ3) is 2.96. The Kier molecular flexibility index (Phi) is 4.10. The van der Waals surface area contributed by atoms with E-state index in [1.54, 1.807) is 11.3 Å². The summed E-state index contributed by atoms with van der Waals surface area (Å²) in [5.74, 6) is -0.352. The van der Waals surface area contributed by atoms with Crippen LogP contribution in [0.2, 0.25) is 0 Å². The second-order valence-electron chi connectivity index (χ2n) is 3.99. The minimum Gasteiger partial charge on any atom is -0.464 e. The molecule has 2 rings (SSSR count). The third-order valence-electron chi connectivity index (χ3n) is 2.69. The number of rotatable bonds is 4. The van der Waals surface area contributed by atoms with Crippen molar-refractivity contribution < 1.29 is 9.53 Å². The van der Waals surface area contributed by atoms with Gasteiger partial charge in [-0.1, -0.05) is 30.3 Å². The van der Waals surface area contributed by atoms with Crippen LogP contribution >= 0.6 is 11.3 Å². The molecule has 1 aromatic carbocycles. The summed E-state index contributed by atoms with van der Waals surface area (Å²) in [6.45, 7) is 1.90. The Labute approximate surface area is 110 Å². The summed E-state index contributed by atoms with van der Waals surface area (Å²) in [6.07, 6.45) is 1.79. The molecule has 4 heteroatoms. The van der Waals surface area contributed by atoms with Gasteiger partial charge in [-0.3, -0.25) is 0 Å². The maximum Gasteiger partial charge on any atom is 0.357 e. The number of methoxy groups -OCH3 is 1. The monoisotopic (exact) mass is 261 g/mol. The van der Waals surface area contributed by atoms with E-state index < -0.39 is 0 Å². The molecule has 94 valence electrons. The fourth-order valence-corrected chi connectivity index (χ4v) is 2.66. The van der Waals surface area contributed by atoms with E-state index in [0.29, 0.717) is 5.69 Å². The lowest BCUT2D eigenvalue weighted by Crippen LogP contribution is -2.03. The van der Waals surface area contributed by atoms with Gasteiger partial charge in [-0.25, -0.2) is 9.78 Å². The van der Waals surface area contributed by atoms with E-state index in [2.05, 4.69) is 17.1 Å². The van der Waals surface area contributed by atoms with Gasteiger partial charge in [0.1, 0.15) is 0 Å².